The van der Waals surface area contributed by atoms with Crippen molar-refractivity contribution in [3.05, 3.63) is 0 Å². The van der Waals surface area contributed by atoms with Crippen molar-refractivity contribution in [1.29, 1.82) is 0 Å². The Labute approximate surface area is 126 Å². The first-order chi connectivity index (χ1) is 9.45. The van der Waals surface area contributed by atoms with E-state index in [1.165, 1.54) is 0 Å². The number of carbonyl (C=O) groups excluding carboxylic acids is 1. The smallest absolute Gasteiger partial charge is 0.224 e. The van der Waals surface area contributed by atoms with E-state index >= 15 is 0 Å². The van der Waals surface area contributed by atoms with Crippen LogP contribution in [0.15, 0.2) is 0 Å². The largest absolute Gasteiger partial charge is 0.380 e. The maximum absolute atomic E-state index is 11.9. The average Bonchev–Trinajstić information content (AvgIpc) is 2.45. The van der Waals surface area contributed by atoms with Crippen molar-refractivity contribution in [2.45, 2.75) is 53.9 Å². The van der Waals surface area contributed by atoms with Crippen molar-refractivity contribution in [1.82, 2.24) is 4.90 Å². The molecule has 4 nitrogen and oxygen atoms in total. The predicted octanol–water partition coefficient (Wildman–Crippen LogP) is 2.91. The first kappa shape index (κ1) is 19.4. The Bertz CT molecular complexity index is 259. The third-order valence-corrected chi connectivity index (χ3v) is 3.79. The van der Waals surface area contributed by atoms with Gasteiger partial charge in [0, 0.05) is 21.1 Å². The number of nitrogens with two attached hydrogens (primary N) is 1. The summed E-state index contributed by atoms with van der Waals surface area (Å²) in [6, 6.07) is 0. The molecule has 0 bridgehead atoms. The molecular formula is C16H36N2O2. The third kappa shape index (κ3) is 7.25. The van der Waals surface area contributed by atoms with E-state index in [9.17, 15) is 4.79 Å². The zero-order valence-corrected chi connectivity index (χ0v) is 14.1. The summed E-state index contributed by atoms with van der Waals surface area (Å²) in [6.07, 6.45) is 2.73. The van der Waals surface area contributed by atoms with Crippen molar-refractivity contribution < 1.29 is 11.0 Å². The molecule has 4 heteroatoms. The van der Waals surface area contributed by atoms with E-state index in [1.807, 2.05) is 18.7 Å². The van der Waals surface area contributed by atoms with Crippen LogP contribution < -0.4 is 5.73 Å². The topological polar surface area (TPSA) is 55.6 Å². The van der Waals surface area contributed by atoms with Gasteiger partial charge in [0.1, 0.15) is 0 Å². The standard InChI is InChI=1S/C14H28N2O2.C2H6.H2/c1-14(2,3)12-4-8-16(9-5-12)13(17)6-10-18-11-7-15;1-2;/h12H,4-11,15H2,1-3H3;1-2H3;1H. The number of piperidine rings is 1. The van der Waals surface area contributed by atoms with Crippen LogP contribution in [0.3, 0.4) is 0 Å². The number of hydrogen-bond acceptors (Lipinski definition) is 3. The first-order valence-electron chi connectivity index (χ1n) is 8.00. The molecule has 1 amide bonds. The molecule has 0 saturated carbocycles. The van der Waals surface area contributed by atoms with E-state index in [2.05, 4.69) is 20.8 Å². The number of amides is 1. The molecule has 20 heavy (non-hydrogen) atoms. The van der Waals surface area contributed by atoms with Crippen LogP contribution in [-0.2, 0) is 9.53 Å². The van der Waals surface area contributed by atoms with Crippen LogP contribution in [0.4, 0.5) is 0 Å². The van der Waals surface area contributed by atoms with E-state index in [0.717, 1.165) is 31.8 Å². The quantitative estimate of drug-likeness (QED) is 0.791. The Hall–Kier alpha value is -0.610. The van der Waals surface area contributed by atoms with Gasteiger partial charge in [-0.25, -0.2) is 0 Å². The van der Waals surface area contributed by atoms with Crippen LogP contribution in [0.2, 0.25) is 0 Å². The molecule has 2 N–H and O–H groups in total. The molecule has 0 radical (unpaired) electrons. The second-order valence-corrected chi connectivity index (χ2v) is 6.17. The number of rotatable bonds is 5. The molecule has 1 aliphatic heterocycles. The minimum Gasteiger partial charge on any atom is -0.380 e. The number of carbonyl (C=O) groups is 1. The highest BCUT2D eigenvalue weighted by molar-refractivity contribution is 5.76. The molecule has 0 aromatic rings. The summed E-state index contributed by atoms with van der Waals surface area (Å²) in [6.45, 7) is 14.2. The fraction of sp³-hybridized carbons (Fsp3) is 0.938. The molecule has 1 heterocycles. The molecule has 0 aliphatic carbocycles. The molecule has 0 spiro atoms. The highest BCUT2D eigenvalue weighted by Crippen LogP contribution is 2.34. The van der Waals surface area contributed by atoms with Gasteiger partial charge in [0.05, 0.1) is 19.6 Å². The summed E-state index contributed by atoms with van der Waals surface area (Å²) in [5, 5.41) is 0. The van der Waals surface area contributed by atoms with E-state index in [0.29, 0.717) is 31.6 Å². The van der Waals surface area contributed by atoms with Gasteiger partial charge in [0.2, 0.25) is 5.91 Å². The monoisotopic (exact) mass is 288 g/mol. The van der Waals surface area contributed by atoms with Crippen LogP contribution >= 0.6 is 0 Å². The van der Waals surface area contributed by atoms with Crippen LogP contribution in [0.25, 0.3) is 0 Å². The van der Waals surface area contributed by atoms with Gasteiger partial charge in [0.25, 0.3) is 0 Å². The van der Waals surface area contributed by atoms with Crippen LogP contribution in [0.5, 0.6) is 0 Å². The summed E-state index contributed by atoms with van der Waals surface area (Å²) in [4.78, 5) is 13.9. The molecular weight excluding hydrogens is 252 g/mol. The Balaban J connectivity index is 0. The molecule has 1 saturated heterocycles. The van der Waals surface area contributed by atoms with Crippen molar-refractivity contribution in [2.24, 2.45) is 17.1 Å². The molecule has 0 atom stereocenters. The van der Waals surface area contributed by atoms with Gasteiger partial charge in [0.15, 0.2) is 0 Å². The minimum absolute atomic E-state index is 0. The number of ether oxygens (including phenoxy) is 1. The Morgan fingerprint density at radius 3 is 2.25 bits per heavy atom. The molecule has 122 valence electrons. The van der Waals surface area contributed by atoms with Gasteiger partial charge < -0.3 is 15.4 Å². The van der Waals surface area contributed by atoms with Crippen molar-refractivity contribution in [3.63, 3.8) is 0 Å². The van der Waals surface area contributed by atoms with Gasteiger partial charge in [-0.15, -0.1) is 0 Å². The molecule has 0 unspecified atom stereocenters. The lowest BCUT2D eigenvalue weighted by Gasteiger charge is -2.38. The van der Waals surface area contributed by atoms with Crippen LogP contribution in [0.1, 0.15) is 55.3 Å². The number of likely N-dealkylation sites (tertiary alicyclic amines) is 1. The fourth-order valence-electron chi connectivity index (χ4n) is 2.50. The zero-order chi connectivity index (χ0) is 15.6. The molecule has 0 aromatic carbocycles. The maximum atomic E-state index is 11.9. The van der Waals surface area contributed by atoms with E-state index in [4.69, 9.17) is 10.5 Å². The lowest BCUT2D eigenvalue weighted by atomic mass is 9.75. The van der Waals surface area contributed by atoms with Crippen molar-refractivity contribution >= 4 is 5.91 Å². The zero-order valence-electron chi connectivity index (χ0n) is 14.1. The second-order valence-electron chi connectivity index (χ2n) is 6.17. The number of hydrogen-bond donors (Lipinski definition) is 1. The molecule has 1 aliphatic rings. The Kier molecular flexibility index (Phi) is 9.86. The van der Waals surface area contributed by atoms with E-state index in [-0.39, 0.29) is 7.33 Å². The van der Waals surface area contributed by atoms with Gasteiger partial charge in [-0.05, 0) is 24.2 Å². The molecule has 1 rings (SSSR count). The summed E-state index contributed by atoms with van der Waals surface area (Å²) in [5.41, 5.74) is 5.68. The van der Waals surface area contributed by atoms with E-state index in [1.54, 1.807) is 0 Å². The van der Waals surface area contributed by atoms with Gasteiger partial charge in [-0.2, -0.15) is 0 Å². The average molecular weight is 288 g/mol. The van der Waals surface area contributed by atoms with Gasteiger partial charge in [-0.1, -0.05) is 34.6 Å². The first-order valence-corrected chi connectivity index (χ1v) is 8.00. The Morgan fingerprint density at radius 1 is 1.25 bits per heavy atom. The van der Waals surface area contributed by atoms with E-state index < -0.39 is 0 Å². The summed E-state index contributed by atoms with van der Waals surface area (Å²) >= 11 is 0. The molecule has 1 fully saturated rings. The summed E-state index contributed by atoms with van der Waals surface area (Å²) in [7, 11) is 0. The normalized spacial score (nSPS) is 16.6. The SMILES string of the molecule is CC.CC(C)(C)C1CCN(C(=O)CCOCCN)CC1.[HH]. The highest BCUT2D eigenvalue weighted by Gasteiger charge is 2.30. The third-order valence-electron chi connectivity index (χ3n) is 3.79. The lowest BCUT2D eigenvalue weighted by molar-refractivity contribution is -0.134. The van der Waals surface area contributed by atoms with Crippen molar-refractivity contribution in [3.8, 4) is 0 Å². The fourth-order valence-corrected chi connectivity index (χ4v) is 2.50. The maximum Gasteiger partial charge on any atom is 0.224 e. The minimum atomic E-state index is 0. The number of nitrogens with zero attached hydrogens (tertiary/aromatic N) is 1. The van der Waals surface area contributed by atoms with Crippen LogP contribution in [0, 0.1) is 11.3 Å². The Morgan fingerprint density at radius 2 is 1.80 bits per heavy atom. The van der Waals surface area contributed by atoms with Crippen LogP contribution in [-0.4, -0.2) is 43.7 Å². The molecule has 0 aromatic heterocycles. The summed E-state index contributed by atoms with van der Waals surface area (Å²) in [5.74, 6) is 0.953. The van der Waals surface area contributed by atoms with Gasteiger partial charge >= 0.3 is 0 Å². The van der Waals surface area contributed by atoms with Gasteiger partial charge in [-0.3, -0.25) is 4.79 Å². The second kappa shape index (κ2) is 10.2. The van der Waals surface area contributed by atoms with Crippen molar-refractivity contribution in [2.75, 3.05) is 32.8 Å². The highest BCUT2D eigenvalue weighted by atomic mass is 16.5. The predicted molar refractivity (Wildman–Crippen MR) is 86.7 cm³/mol. The summed E-state index contributed by atoms with van der Waals surface area (Å²) < 4.78 is 5.25. The lowest BCUT2D eigenvalue weighted by Crippen LogP contribution is -2.41.